The van der Waals surface area contributed by atoms with Crippen LogP contribution < -0.4 is 11.1 Å². The van der Waals surface area contributed by atoms with Gasteiger partial charge in [0.15, 0.2) is 0 Å². The maximum absolute atomic E-state index is 5.97. The lowest BCUT2D eigenvalue weighted by Gasteiger charge is -2.18. The predicted octanol–water partition coefficient (Wildman–Crippen LogP) is 3.06. The molecule has 2 rings (SSSR count). The van der Waals surface area contributed by atoms with Crippen molar-refractivity contribution >= 4 is 10.8 Å². The number of rotatable bonds is 5. The first kappa shape index (κ1) is 13.1. The normalized spacial score (nSPS) is 11.9. The van der Waals surface area contributed by atoms with Gasteiger partial charge in [0.05, 0.1) is 0 Å². The minimum Gasteiger partial charge on any atom is -0.326 e. The second-order valence-electron chi connectivity index (χ2n) is 5.55. The molecule has 0 spiro atoms. The summed E-state index contributed by atoms with van der Waals surface area (Å²) in [6.07, 6.45) is 0.984. The standard InChI is InChI=1S/C16H22N2/c1-16(2,17)10-11-18-12-14-8-5-7-13-6-3-4-9-15(13)14/h3-9,18H,10-12,17H2,1-2H3. The fraction of sp³-hybridized carbons (Fsp3) is 0.375. The Morgan fingerprint density at radius 2 is 1.78 bits per heavy atom. The summed E-state index contributed by atoms with van der Waals surface area (Å²) in [5, 5.41) is 6.11. The van der Waals surface area contributed by atoms with Crippen LogP contribution >= 0.6 is 0 Å². The molecule has 0 atom stereocenters. The topological polar surface area (TPSA) is 38.0 Å². The first-order valence-corrected chi connectivity index (χ1v) is 6.52. The zero-order chi connectivity index (χ0) is 13.0. The molecule has 0 saturated heterocycles. The number of benzene rings is 2. The summed E-state index contributed by atoms with van der Waals surface area (Å²) < 4.78 is 0. The van der Waals surface area contributed by atoms with Crippen LogP contribution in [0.5, 0.6) is 0 Å². The van der Waals surface area contributed by atoms with E-state index in [1.54, 1.807) is 0 Å². The van der Waals surface area contributed by atoms with Crippen LogP contribution in [0.2, 0.25) is 0 Å². The van der Waals surface area contributed by atoms with Gasteiger partial charge in [0.25, 0.3) is 0 Å². The smallest absolute Gasteiger partial charge is 0.0211 e. The third kappa shape index (κ3) is 3.56. The van der Waals surface area contributed by atoms with E-state index in [4.69, 9.17) is 5.73 Å². The highest BCUT2D eigenvalue weighted by Gasteiger charge is 2.09. The fourth-order valence-corrected chi connectivity index (χ4v) is 2.08. The van der Waals surface area contributed by atoms with Gasteiger partial charge in [0.2, 0.25) is 0 Å². The SMILES string of the molecule is CC(C)(N)CCNCc1cccc2ccccc12. The Balaban J connectivity index is 2.00. The van der Waals surface area contributed by atoms with E-state index in [1.165, 1.54) is 16.3 Å². The van der Waals surface area contributed by atoms with Crippen LogP contribution in [0.4, 0.5) is 0 Å². The highest BCUT2D eigenvalue weighted by molar-refractivity contribution is 5.85. The maximum Gasteiger partial charge on any atom is 0.0211 e. The van der Waals surface area contributed by atoms with Crippen molar-refractivity contribution < 1.29 is 0 Å². The lowest BCUT2D eigenvalue weighted by molar-refractivity contribution is 0.455. The van der Waals surface area contributed by atoms with Crippen LogP contribution in [0.15, 0.2) is 42.5 Å². The van der Waals surface area contributed by atoms with Crippen LogP contribution in [0.3, 0.4) is 0 Å². The molecule has 0 aliphatic heterocycles. The number of fused-ring (bicyclic) bond motifs is 1. The first-order chi connectivity index (χ1) is 8.56. The van der Waals surface area contributed by atoms with Crippen molar-refractivity contribution in [2.45, 2.75) is 32.4 Å². The number of hydrogen-bond donors (Lipinski definition) is 2. The van der Waals surface area contributed by atoms with E-state index in [1.807, 2.05) is 0 Å². The summed E-state index contributed by atoms with van der Waals surface area (Å²) in [6, 6.07) is 15.0. The minimum absolute atomic E-state index is 0.0915. The van der Waals surface area contributed by atoms with Gasteiger partial charge in [-0.3, -0.25) is 0 Å². The Kier molecular flexibility index (Phi) is 4.00. The van der Waals surface area contributed by atoms with Crippen molar-refractivity contribution in [3.8, 4) is 0 Å². The molecule has 0 aliphatic rings. The van der Waals surface area contributed by atoms with Crippen molar-refractivity contribution in [2.75, 3.05) is 6.54 Å². The molecule has 0 amide bonds. The molecular formula is C16H22N2. The summed E-state index contributed by atoms with van der Waals surface area (Å²) in [4.78, 5) is 0. The molecule has 0 saturated carbocycles. The van der Waals surface area contributed by atoms with E-state index in [9.17, 15) is 0 Å². The van der Waals surface area contributed by atoms with Crippen LogP contribution in [0, 0.1) is 0 Å². The largest absolute Gasteiger partial charge is 0.326 e. The van der Waals surface area contributed by atoms with Crippen LogP contribution in [0.1, 0.15) is 25.8 Å². The maximum atomic E-state index is 5.97. The highest BCUT2D eigenvalue weighted by atomic mass is 14.9. The van der Waals surface area contributed by atoms with Crippen LogP contribution in [-0.4, -0.2) is 12.1 Å². The van der Waals surface area contributed by atoms with Gasteiger partial charge < -0.3 is 11.1 Å². The molecule has 2 heteroatoms. The molecule has 18 heavy (non-hydrogen) atoms. The molecule has 0 radical (unpaired) electrons. The van der Waals surface area contributed by atoms with Crippen molar-refractivity contribution in [1.29, 1.82) is 0 Å². The molecule has 0 unspecified atom stereocenters. The molecule has 0 bridgehead atoms. The molecular weight excluding hydrogens is 220 g/mol. The lowest BCUT2D eigenvalue weighted by atomic mass is 10.0. The van der Waals surface area contributed by atoms with Gasteiger partial charge in [-0.15, -0.1) is 0 Å². The number of hydrogen-bond acceptors (Lipinski definition) is 2. The van der Waals surface area contributed by atoms with E-state index in [0.717, 1.165) is 19.5 Å². The Morgan fingerprint density at radius 3 is 2.56 bits per heavy atom. The van der Waals surface area contributed by atoms with E-state index in [-0.39, 0.29) is 5.54 Å². The van der Waals surface area contributed by atoms with Gasteiger partial charge in [0.1, 0.15) is 0 Å². The van der Waals surface area contributed by atoms with Crippen LogP contribution in [0.25, 0.3) is 10.8 Å². The quantitative estimate of drug-likeness (QED) is 0.791. The molecule has 3 N–H and O–H groups in total. The molecule has 2 aromatic rings. The van der Waals surface area contributed by atoms with Crippen molar-refractivity contribution in [1.82, 2.24) is 5.32 Å². The van der Waals surface area contributed by atoms with Gasteiger partial charge >= 0.3 is 0 Å². The van der Waals surface area contributed by atoms with E-state index in [0.29, 0.717) is 0 Å². The second-order valence-corrected chi connectivity index (χ2v) is 5.55. The minimum atomic E-state index is -0.0915. The summed E-state index contributed by atoms with van der Waals surface area (Å²) in [5.41, 5.74) is 7.22. The van der Waals surface area contributed by atoms with E-state index >= 15 is 0 Å². The average Bonchev–Trinajstić information content (AvgIpc) is 2.33. The van der Waals surface area contributed by atoms with Gasteiger partial charge in [-0.1, -0.05) is 42.5 Å². The summed E-state index contributed by atoms with van der Waals surface area (Å²) in [7, 11) is 0. The summed E-state index contributed by atoms with van der Waals surface area (Å²) in [6.45, 7) is 5.98. The van der Waals surface area contributed by atoms with Crippen molar-refractivity contribution in [2.24, 2.45) is 5.73 Å². The van der Waals surface area contributed by atoms with Gasteiger partial charge in [-0.25, -0.2) is 0 Å². The Morgan fingerprint density at radius 1 is 1.06 bits per heavy atom. The Hall–Kier alpha value is -1.38. The molecule has 96 valence electrons. The third-order valence-corrected chi connectivity index (χ3v) is 3.14. The molecule has 0 fully saturated rings. The zero-order valence-electron chi connectivity index (χ0n) is 11.2. The van der Waals surface area contributed by atoms with E-state index in [2.05, 4.69) is 61.6 Å². The molecule has 0 aliphatic carbocycles. The number of nitrogens with one attached hydrogen (secondary N) is 1. The zero-order valence-corrected chi connectivity index (χ0v) is 11.2. The molecule has 0 heterocycles. The predicted molar refractivity (Wildman–Crippen MR) is 78.5 cm³/mol. The summed E-state index contributed by atoms with van der Waals surface area (Å²) in [5.74, 6) is 0. The van der Waals surface area contributed by atoms with Crippen molar-refractivity contribution in [3.63, 3.8) is 0 Å². The molecule has 2 nitrogen and oxygen atoms in total. The highest BCUT2D eigenvalue weighted by Crippen LogP contribution is 2.18. The Bertz CT molecular complexity index is 506. The molecule has 0 aromatic heterocycles. The Labute approximate surface area is 109 Å². The lowest BCUT2D eigenvalue weighted by Crippen LogP contribution is -2.35. The van der Waals surface area contributed by atoms with Gasteiger partial charge in [-0.05, 0) is 43.1 Å². The third-order valence-electron chi connectivity index (χ3n) is 3.14. The summed E-state index contributed by atoms with van der Waals surface area (Å²) >= 11 is 0. The average molecular weight is 242 g/mol. The van der Waals surface area contributed by atoms with Crippen LogP contribution in [-0.2, 0) is 6.54 Å². The van der Waals surface area contributed by atoms with E-state index < -0.39 is 0 Å². The first-order valence-electron chi connectivity index (χ1n) is 6.52. The monoisotopic (exact) mass is 242 g/mol. The molecule has 2 aromatic carbocycles. The number of nitrogens with two attached hydrogens (primary N) is 1. The fourth-order valence-electron chi connectivity index (χ4n) is 2.08. The van der Waals surface area contributed by atoms with Gasteiger partial charge in [0, 0.05) is 12.1 Å². The second kappa shape index (κ2) is 5.51. The van der Waals surface area contributed by atoms with Gasteiger partial charge in [-0.2, -0.15) is 0 Å². The van der Waals surface area contributed by atoms with Crippen molar-refractivity contribution in [3.05, 3.63) is 48.0 Å².